The summed E-state index contributed by atoms with van der Waals surface area (Å²) in [6.07, 6.45) is -6.37. The van der Waals surface area contributed by atoms with Gasteiger partial charge in [0.1, 0.15) is 0 Å². The minimum Gasteiger partial charge on any atom is -1.00 e. The van der Waals surface area contributed by atoms with Crippen molar-refractivity contribution < 1.29 is 62.2 Å². The van der Waals surface area contributed by atoms with E-state index in [1.165, 1.54) is 13.0 Å². The van der Waals surface area contributed by atoms with Crippen molar-refractivity contribution in [1.29, 1.82) is 0 Å². The molecule has 2 aliphatic heterocycles. The Morgan fingerprint density at radius 1 is 1.52 bits per heavy atom. The van der Waals surface area contributed by atoms with Crippen LogP contribution in [0.3, 0.4) is 0 Å². The summed E-state index contributed by atoms with van der Waals surface area (Å²) in [5, 5.41) is 10.7. The Morgan fingerprint density at radius 2 is 2.12 bits per heavy atom. The van der Waals surface area contributed by atoms with E-state index in [0.29, 0.717) is 10.6 Å². The van der Waals surface area contributed by atoms with Gasteiger partial charge < -0.3 is 16.7 Å². The summed E-state index contributed by atoms with van der Waals surface area (Å²) in [6.45, 7) is 0.991. The fourth-order valence-electron chi connectivity index (χ4n) is 2.49. The number of rotatable bonds is 5. The third-order valence-corrected chi connectivity index (χ3v) is 3.59. The van der Waals surface area contributed by atoms with Crippen LogP contribution in [0.2, 0.25) is 0 Å². The van der Waals surface area contributed by atoms with Crippen molar-refractivity contribution in [3.63, 3.8) is 0 Å². The van der Waals surface area contributed by atoms with Gasteiger partial charge in [0.05, 0.1) is 12.1 Å². The van der Waals surface area contributed by atoms with Crippen LogP contribution in [0.15, 0.2) is 11.6 Å². The number of carboxylic acids is 1. The second-order valence-corrected chi connectivity index (χ2v) is 5.22. The van der Waals surface area contributed by atoms with Crippen LogP contribution in [-0.4, -0.2) is 70.7 Å². The largest absolute Gasteiger partial charge is 1.00 e. The standard InChI is InChI=1S/C12H13F4N3O5.Li.H/c1-5-2-6-4-18(7(5)3-17-10(22)12(14,15)16)11(23)19(6)24-8(13)9(20)21;;/h2,6-8H,3-4H2,1H3,(H,17,22)(H,20,21);;/q;+1;-1/t6-,7-,8-;;/m1../s1. The van der Waals surface area contributed by atoms with E-state index in [1.807, 2.05) is 0 Å². The monoisotopic (exact) mass is 363 g/mol. The van der Waals surface area contributed by atoms with Gasteiger partial charge in [0, 0.05) is 13.1 Å². The molecule has 0 radical (unpaired) electrons. The van der Waals surface area contributed by atoms with Crippen molar-refractivity contribution in [2.24, 2.45) is 0 Å². The molecule has 3 atom stereocenters. The zero-order valence-corrected chi connectivity index (χ0v) is 13.2. The van der Waals surface area contributed by atoms with Crippen molar-refractivity contribution in [1.82, 2.24) is 15.3 Å². The zero-order valence-electron chi connectivity index (χ0n) is 14.2. The Balaban J connectivity index is 0.00000312. The zero-order chi connectivity index (χ0) is 18.2. The number of carbonyl (C=O) groups is 3. The van der Waals surface area contributed by atoms with E-state index in [1.54, 1.807) is 5.32 Å². The molecule has 3 amide bonds. The molecule has 0 aromatic rings. The van der Waals surface area contributed by atoms with Crippen LogP contribution in [0, 0.1) is 0 Å². The molecule has 1 saturated heterocycles. The number of alkyl halides is 4. The molecular formula is C12H14F4LiN3O5. The Bertz CT molecular complexity index is 606. The van der Waals surface area contributed by atoms with Crippen molar-refractivity contribution in [2.75, 3.05) is 13.1 Å². The summed E-state index contributed by atoms with van der Waals surface area (Å²) in [4.78, 5) is 39.0. The number of carbonyl (C=O) groups excluding carboxylic acids is 2. The first kappa shape index (κ1) is 21.3. The normalized spacial score (nSPS) is 23.7. The van der Waals surface area contributed by atoms with Gasteiger partial charge in [0.2, 0.25) is 0 Å². The average molecular weight is 363 g/mol. The van der Waals surface area contributed by atoms with E-state index >= 15 is 0 Å². The van der Waals surface area contributed by atoms with Gasteiger partial charge in [-0.2, -0.15) is 18.2 Å². The Hall–Kier alpha value is -1.77. The van der Waals surface area contributed by atoms with Gasteiger partial charge in [-0.3, -0.25) is 4.79 Å². The molecule has 25 heavy (non-hydrogen) atoms. The molecule has 0 aromatic carbocycles. The first-order valence-electron chi connectivity index (χ1n) is 6.69. The number of hydrogen-bond acceptors (Lipinski definition) is 4. The molecule has 2 bridgehead atoms. The minimum absolute atomic E-state index is 0. The van der Waals surface area contributed by atoms with E-state index in [0.717, 1.165) is 4.90 Å². The molecule has 1 fully saturated rings. The smallest absolute Gasteiger partial charge is 1.00 e. The van der Waals surface area contributed by atoms with Gasteiger partial charge in [-0.1, -0.05) is 11.6 Å². The first-order chi connectivity index (χ1) is 11.0. The molecule has 13 heteroatoms. The molecule has 0 aliphatic carbocycles. The van der Waals surface area contributed by atoms with Gasteiger partial charge >= 0.3 is 49.3 Å². The maximum atomic E-state index is 13.2. The van der Waals surface area contributed by atoms with Crippen molar-refractivity contribution in [2.45, 2.75) is 31.5 Å². The number of nitrogens with one attached hydrogen (secondary N) is 1. The SMILES string of the molecule is CC1=C[C@@H]2CN(C(=O)N2O[C@@H](F)C(=O)O)[C@@H]1CNC(=O)C(F)(F)F.[H-].[Li+]. The van der Waals surface area contributed by atoms with Gasteiger partial charge in [-0.25, -0.2) is 18.8 Å². The van der Waals surface area contributed by atoms with Crippen molar-refractivity contribution in [3.8, 4) is 0 Å². The summed E-state index contributed by atoms with van der Waals surface area (Å²) in [5.41, 5.74) is 0.457. The second kappa shape index (κ2) is 7.63. The second-order valence-electron chi connectivity index (χ2n) is 5.22. The number of carboxylic acid groups (broad SMARTS) is 1. The fraction of sp³-hybridized carbons (Fsp3) is 0.583. The first-order valence-corrected chi connectivity index (χ1v) is 6.69. The number of nitrogens with zero attached hydrogens (tertiary/aromatic N) is 2. The molecule has 8 nitrogen and oxygen atoms in total. The molecule has 0 spiro atoms. The van der Waals surface area contributed by atoms with Gasteiger partial charge in [0.25, 0.3) is 0 Å². The topological polar surface area (TPSA) is 99.2 Å². The van der Waals surface area contributed by atoms with E-state index in [9.17, 15) is 31.9 Å². The van der Waals surface area contributed by atoms with Gasteiger partial charge in [-0.15, -0.1) is 0 Å². The van der Waals surface area contributed by atoms with E-state index < -0.39 is 49.1 Å². The van der Waals surface area contributed by atoms with Crippen LogP contribution in [-0.2, 0) is 14.4 Å². The van der Waals surface area contributed by atoms with Crippen LogP contribution >= 0.6 is 0 Å². The van der Waals surface area contributed by atoms with Crippen LogP contribution < -0.4 is 24.2 Å². The Labute approximate surface area is 152 Å². The van der Waals surface area contributed by atoms with Crippen molar-refractivity contribution in [3.05, 3.63) is 11.6 Å². The van der Waals surface area contributed by atoms with Crippen molar-refractivity contribution >= 4 is 17.9 Å². The molecule has 0 saturated carbocycles. The molecule has 2 N–H and O–H groups in total. The molecule has 2 heterocycles. The number of hydroxylamine groups is 2. The Morgan fingerprint density at radius 3 is 2.64 bits per heavy atom. The minimum atomic E-state index is -5.05. The third kappa shape index (κ3) is 4.45. The molecule has 2 rings (SSSR count). The number of amides is 3. The summed E-state index contributed by atoms with van der Waals surface area (Å²) in [6, 6.07) is -2.55. The third-order valence-electron chi connectivity index (χ3n) is 3.59. The number of hydrogen-bond donors (Lipinski definition) is 2. The summed E-state index contributed by atoms with van der Waals surface area (Å²) >= 11 is 0. The number of aliphatic carboxylic acids is 1. The molecular weight excluding hydrogens is 349 g/mol. The van der Waals surface area contributed by atoms with Gasteiger partial charge in [-0.05, 0) is 6.92 Å². The number of urea groups is 1. The number of fused-ring (bicyclic) bond motifs is 2. The molecule has 0 aromatic heterocycles. The maximum Gasteiger partial charge on any atom is 1.00 e. The summed E-state index contributed by atoms with van der Waals surface area (Å²) < 4.78 is 49.8. The maximum absolute atomic E-state index is 13.2. The average Bonchev–Trinajstić information content (AvgIpc) is 2.71. The molecule has 2 aliphatic rings. The van der Waals surface area contributed by atoms with E-state index in [4.69, 9.17) is 5.11 Å². The molecule has 0 unspecified atom stereocenters. The number of halogens is 4. The summed E-state index contributed by atoms with van der Waals surface area (Å²) in [5.74, 6) is -4.07. The Kier molecular flexibility index (Phi) is 6.49. The van der Waals surface area contributed by atoms with E-state index in [2.05, 4.69) is 4.84 Å². The van der Waals surface area contributed by atoms with Gasteiger partial charge in [0.15, 0.2) is 0 Å². The van der Waals surface area contributed by atoms with Crippen LogP contribution in [0.4, 0.5) is 22.4 Å². The van der Waals surface area contributed by atoms with Crippen LogP contribution in [0.25, 0.3) is 0 Å². The fourth-order valence-corrected chi connectivity index (χ4v) is 2.49. The quantitative estimate of drug-likeness (QED) is 0.320. The van der Waals surface area contributed by atoms with E-state index in [-0.39, 0.29) is 26.8 Å². The summed E-state index contributed by atoms with van der Waals surface area (Å²) in [7, 11) is 0. The molecule has 136 valence electrons. The predicted molar refractivity (Wildman–Crippen MR) is 69.1 cm³/mol. The van der Waals surface area contributed by atoms with Crippen LogP contribution in [0.5, 0.6) is 0 Å². The predicted octanol–water partition coefficient (Wildman–Crippen LogP) is -2.47. The van der Waals surface area contributed by atoms with Crippen LogP contribution in [0.1, 0.15) is 8.35 Å².